The Bertz CT molecular complexity index is 1740. The van der Waals surface area contributed by atoms with Crippen LogP contribution in [0, 0.1) is 11.3 Å². The Labute approximate surface area is 217 Å². The summed E-state index contributed by atoms with van der Waals surface area (Å²) in [5, 5.41) is 14.6. The van der Waals surface area contributed by atoms with Gasteiger partial charge in [-0.3, -0.25) is 4.98 Å². The Morgan fingerprint density at radius 2 is 2.00 bits per heavy atom. The molecule has 9 heteroatoms. The van der Waals surface area contributed by atoms with Crippen molar-refractivity contribution in [1.82, 2.24) is 39.2 Å². The van der Waals surface area contributed by atoms with E-state index in [1.807, 2.05) is 23.3 Å². The summed E-state index contributed by atoms with van der Waals surface area (Å²) in [5.41, 5.74) is 7.74. The van der Waals surface area contributed by atoms with Crippen LogP contribution in [0.3, 0.4) is 0 Å². The summed E-state index contributed by atoms with van der Waals surface area (Å²) >= 11 is 1.74. The minimum absolute atomic E-state index is 0.562. The highest BCUT2D eigenvalue weighted by Crippen LogP contribution is 2.63. The summed E-state index contributed by atoms with van der Waals surface area (Å²) in [6.07, 6.45) is 16.3. The van der Waals surface area contributed by atoms with Crippen LogP contribution in [0.2, 0.25) is 0 Å². The molecular formula is C28H26N8S. The van der Waals surface area contributed by atoms with E-state index in [0.29, 0.717) is 12.0 Å². The summed E-state index contributed by atoms with van der Waals surface area (Å²) in [7, 11) is 0. The summed E-state index contributed by atoms with van der Waals surface area (Å²) < 4.78 is 7.36. The Balaban J connectivity index is 0.976. The molecule has 0 amide bonds. The molecule has 184 valence electrons. The zero-order valence-electron chi connectivity index (χ0n) is 20.3. The quantitative estimate of drug-likeness (QED) is 0.317. The molecule has 3 saturated carbocycles. The van der Waals surface area contributed by atoms with Crippen molar-refractivity contribution in [2.45, 2.75) is 32.4 Å². The van der Waals surface area contributed by atoms with Crippen LogP contribution in [0.15, 0.2) is 72.9 Å². The molecule has 0 spiro atoms. The van der Waals surface area contributed by atoms with E-state index in [4.69, 9.17) is 4.98 Å². The number of pyridine rings is 2. The first-order valence-corrected chi connectivity index (χ1v) is 13.7. The monoisotopic (exact) mass is 506 g/mol. The van der Waals surface area contributed by atoms with E-state index in [0.717, 1.165) is 47.3 Å². The molecule has 0 aromatic carbocycles. The van der Waals surface area contributed by atoms with Crippen molar-refractivity contribution >= 4 is 27.2 Å². The molecular weight excluding hydrogens is 480 g/mol. The smallest absolute Gasteiger partial charge is 0.137 e. The van der Waals surface area contributed by atoms with Crippen LogP contribution in [0.1, 0.15) is 30.5 Å². The van der Waals surface area contributed by atoms with Gasteiger partial charge in [-0.05, 0) is 65.8 Å². The fourth-order valence-corrected chi connectivity index (χ4v) is 6.85. The van der Waals surface area contributed by atoms with E-state index in [-0.39, 0.29) is 0 Å². The average Bonchev–Trinajstić information content (AvgIpc) is 3.64. The van der Waals surface area contributed by atoms with Crippen LogP contribution in [0.4, 0.5) is 0 Å². The van der Waals surface area contributed by atoms with E-state index in [2.05, 4.69) is 83.9 Å². The minimum atomic E-state index is 0.562. The fourth-order valence-electron chi connectivity index (χ4n) is 6.08. The van der Waals surface area contributed by atoms with Crippen molar-refractivity contribution in [2.75, 3.05) is 6.54 Å². The molecule has 1 N–H and O–H groups in total. The van der Waals surface area contributed by atoms with Gasteiger partial charge in [-0.2, -0.15) is 0 Å². The van der Waals surface area contributed by atoms with Crippen molar-refractivity contribution in [3.63, 3.8) is 0 Å². The van der Waals surface area contributed by atoms with Gasteiger partial charge in [0.05, 0.1) is 40.5 Å². The predicted molar refractivity (Wildman–Crippen MR) is 144 cm³/mol. The first kappa shape index (κ1) is 21.3. The largest absolute Gasteiger partial charge is 0.314 e. The third kappa shape index (κ3) is 3.69. The van der Waals surface area contributed by atoms with Gasteiger partial charge in [-0.25, -0.2) is 9.67 Å². The third-order valence-electron chi connectivity index (χ3n) is 8.02. The van der Waals surface area contributed by atoms with Crippen LogP contribution in [-0.4, -0.2) is 40.5 Å². The van der Waals surface area contributed by atoms with Crippen LogP contribution in [0.5, 0.6) is 0 Å². The summed E-state index contributed by atoms with van der Waals surface area (Å²) in [6, 6.07) is 10.6. The van der Waals surface area contributed by atoms with Crippen molar-refractivity contribution in [1.29, 1.82) is 0 Å². The molecule has 37 heavy (non-hydrogen) atoms. The first-order valence-electron chi connectivity index (χ1n) is 12.8. The molecule has 6 heterocycles. The van der Waals surface area contributed by atoms with Gasteiger partial charge in [0, 0.05) is 43.4 Å². The molecule has 3 aliphatic rings. The Hall–Kier alpha value is -3.82. The van der Waals surface area contributed by atoms with Crippen LogP contribution >= 0.6 is 11.3 Å². The molecule has 6 aromatic heterocycles. The lowest BCUT2D eigenvalue weighted by Gasteiger charge is -2.62. The van der Waals surface area contributed by atoms with Crippen molar-refractivity contribution in [3.05, 3.63) is 84.2 Å². The molecule has 8 nitrogen and oxygen atoms in total. The topological polar surface area (TPSA) is 77.9 Å². The summed E-state index contributed by atoms with van der Waals surface area (Å²) in [6.45, 7) is 2.61. The number of fused-ring (bicyclic) bond motifs is 2. The van der Waals surface area contributed by atoms with Crippen molar-refractivity contribution in [2.24, 2.45) is 11.3 Å². The maximum atomic E-state index is 4.79. The van der Waals surface area contributed by atoms with E-state index >= 15 is 0 Å². The van der Waals surface area contributed by atoms with Crippen molar-refractivity contribution in [3.8, 4) is 16.9 Å². The maximum Gasteiger partial charge on any atom is 0.137 e. The van der Waals surface area contributed by atoms with E-state index in [1.165, 1.54) is 35.0 Å². The highest BCUT2D eigenvalue weighted by atomic mass is 32.1. The lowest BCUT2D eigenvalue weighted by Crippen LogP contribution is -2.56. The number of nitrogens with one attached hydrogen (secondary N) is 1. The number of thiophene rings is 1. The molecule has 0 radical (unpaired) electrons. The zero-order valence-corrected chi connectivity index (χ0v) is 21.1. The molecule has 6 aromatic rings. The number of hydrogen-bond acceptors (Lipinski definition) is 6. The Morgan fingerprint density at radius 1 is 1.05 bits per heavy atom. The van der Waals surface area contributed by atoms with E-state index < -0.39 is 0 Å². The standard InChI is InChI=1S/C28H26N8S/c1-2-27-31-22(15-34(27)14-19(1)11-30-18-28-8-20(9-28)10-28)16-35-17-24(32-33-35)21-7-23(13-29-12-21)36-5-3-26-25(36)4-6-37-26/h1-7,12-15,17,20,30H,8-11,16,18H2. The van der Waals surface area contributed by atoms with E-state index in [9.17, 15) is 0 Å². The number of imidazole rings is 1. The Morgan fingerprint density at radius 3 is 2.89 bits per heavy atom. The van der Waals surface area contributed by atoms with Crippen molar-refractivity contribution < 1.29 is 0 Å². The molecule has 3 aliphatic carbocycles. The van der Waals surface area contributed by atoms with Crippen LogP contribution in [0.25, 0.3) is 32.8 Å². The average molecular weight is 507 g/mol. The second-order valence-corrected chi connectivity index (χ2v) is 11.7. The lowest BCUT2D eigenvalue weighted by atomic mass is 9.44. The van der Waals surface area contributed by atoms with Gasteiger partial charge in [0.25, 0.3) is 0 Å². The molecule has 2 bridgehead atoms. The highest BCUT2D eigenvalue weighted by Gasteiger charge is 2.55. The number of hydrogen-bond donors (Lipinski definition) is 1. The Kier molecular flexibility index (Phi) is 4.65. The number of aromatic nitrogens is 7. The van der Waals surface area contributed by atoms with Gasteiger partial charge < -0.3 is 14.3 Å². The number of rotatable bonds is 8. The lowest BCUT2D eigenvalue weighted by molar-refractivity contribution is -0.103. The van der Waals surface area contributed by atoms with Gasteiger partial charge in [0.2, 0.25) is 0 Å². The summed E-state index contributed by atoms with van der Waals surface area (Å²) in [4.78, 5) is 9.26. The first-order chi connectivity index (χ1) is 18.2. The van der Waals surface area contributed by atoms with Gasteiger partial charge >= 0.3 is 0 Å². The fraction of sp³-hybridized carbons (Fsp3) is 0.286. The van der Waals surface area contributed by atoms with Gasteiger partial charge in [-0.15, -0.1) is 16.4 Å². The molecule has 0 unspecified atom stereocenters. The second-order valence-electron chi connectivity index (χ2n) is 10.7. The zero-order chi connectivity index (χ0) is 24.4. The van der Waals surface area contributed by atoms with E-state index in [1.54, 1.807) is 11.3 Å². The van der Waals surface area contributed by atoms with Gasteiger partial charge in [0.1, 0.15) is 11.3 Å². The maximum absolute atomic E-state index is 4.79. The molecule has 0 saturated heterocycles. The third-order valence-corrected chi connectivity index (χ3v) is 8.90. The number of nitrogens with zero attached hydrogens (tertiary/aromatic N) is 7. The highest BCUT2D eigenvalue weighted by molar-refractivity contribution is 7.17. The summed E-state index contributed by atoms with van der Waals surface area (Å²) in [5.74, 6) is 1.03. The SMILES string of the molecule is c1cc2c(ccn2-c2cncc(-c3cn(Cc4cn5cc(CNCC67CC(C6)C7)ccc5n4)nn3)c2)s1. The van der Waals surface area contributed by atoms with Gasteiger partial charge in [-0.1, -0.05) is 11.3 Å². The molecule has 9 rings (SSSR count). The normalized spacial score (nSPS) is 20.4. The second kappa shape index (κ2) is 8.09. The molecule has 3 fully saturated rings. The molecule has 0 atom stereocenters. The predicted octanol–water partition coefficient (Wildman–Crippen LogP) is 4.93. The molecule has 0 aliphatic heterocycles. The van der Waals surface area contributed by atoms with Crippen LogP contribution < -0.4 is 5.32 Å². The minimum Gasteiger partial charge on any atom is -0.314 e. The van der Waals surface area contributed by atoms with Gasteiger partial charge in [0.15, 0.2) is 0 Å². The van der Waals surface area contributed by atoms with Crippen LogP contribution in [-0.2, 0) is 13.1 Å².